The van der Waals surface area contributed by atoms with Crippen LogP contribution in [0.3, 0.4) is 0 Å². The van der Waals surface area contributed by atoms with Crippen molar-refractivity contribution in [3.8, 4) is 0 Å². The van der Waals surface area contributed by atoms with E-state index in [9.17, 15) is 18.0 Å². The predicted molar refractivity (Wildman–Crippen MR) is 81.2 cm³/mol. The number of anilines is 1. The molecule has 0 atom stereocenters. The zero-order valence-electron chi connectivity index (χ0n) is 13.7. The molecule has 2 aromatic rings. The van der Waals surface area contributed by atoms with Crippen LogP contribution in [0, 0.1) is 6.92 Å². The Morgan fingerprint density at radius 1 is 1.24 bits per heavy atom. The van der Waals surface area contributed by atoms with Crippen molar-refractivity contribution in [3.63, 3.8) is 0 Å². The largest absolute Gasteiger partial charge is 0.468 e. The molecule has 0 radical (unpaired) electrons. The van der Waals surface area contributed by atoms with E-state index < -0.39 is 12.0 Å². The van der Waals surface area contributed by atoms with E-state index in [1.165, 1.54) is 7.11 Å². The smallest absolute Gasteiger partial charge is 0.453 e. The standard InChI is InChI=1S/C14H17F3N6O2/c1-9-7-10(22-5-3-21(4-6-22)8-11(24)25-2)23-13(18-9)19-12(20-23)14(15,16)17/h7H,3-6,8H2,1-2H3. The second kappa shape index (κ2) is 6.47. The van der Waals surface area contributed by atoms with E-state index in [0.717, 1.165) is 4.52 Å². The number of ether oxygens (including phenoxy) is 1. The number of rotatable bonds is 3. The molecule has 0 bridgehead atoms. The van der Waals surface area contributed by atoms with Gasteiger partial charge < -0.3 is 9.64 Å². The van der Waals surface area contributed by atoms with Crippen molar-refractivity contribution >= 4 is 17.6 Å². The molecule has 136 valence electrons. The number of piperazine rings is 1. The zero-order chi connectivity index (χ0) is 18.2. The van der Waals surface area contributed by atoms with Crippen LogP contribution in [0.5, 0.6) is 0 Å². The first kappa shape index (κ1) is 17.4. The number of methoxy groups -OCH3 is 1. The second-order valence-electron chi connectivity index (χ2n) is 5.74. The SMILES string of the molecule is COC(=O)CN1CCN(c2cc(C)nc3nc(C(F)(F)F)nn23)CC1. The molecule has 2 aromatic heterocycles. The highest BCUT2D eigenvalue weighted by atomic mass is 19.4. The lowest BCUT2D eigenvalue weighted by molar-refractivity contribution is -0.144. The van der Waals surface area contributed by atoms with Crippen LogP contribution in [-0.2, 0) is 15.7 Å². The van der Waals surface area contributed by atoms with Gasteiger partial charge in [0.1, 0.15) is 5.82 Å². The van der Waals surface area contributed by atoms with Crippen LogP contribution in [0.1, 0.15) is 11.5 Å². The van der Waals surface area contributed by atoms with Crippen molar-refractivity contribution in [2.75, 3.05) is 44.7 Å². The Morgan fingerprint density at radius 2 is 1.92 bits per heavy atom. The average molecular weight is 358 g/mol. The molecule has 1 aliphatic rings. The van der Waals surface area contributed by atoms with Gasteiger partial charge in [-0.2, -0.15) is 22.7 Å². The van der Waals surface area contributed by atoms with Crippen molar-refractivity contribution < 1.29 is 22.7 Å². The highest BCUT2D eigenvalue weighted by molar-refractivity contribution is 5.71. The Hall–Kier alpha value is -2.43. The summed E-state index contributed by atoms with van der Waals surface area (Å²) in [6, 6.07) is 1.68. The predicted octanol–water partition coefficient (Wildman–Crippen LogP) is 0.747. The average Bonchev–Trinajstić information content (AvgIpc) is 2.99. The van der Waals surface area contributed by atoms with Crippen LogP contribution < -0.4 is 4.90 Å². The van der Waals surface area contributed by atoms with Crippen LogP contribution in [0.4, 0.5) is 19.0 Å². The third-order valence-corrected chi connectivity index (χ3v) is 3.95. The van der Waals surface area contributed by atoms with Crippen molar-refractivity contribution in [1.29, 1.82) is 0 Å². The Kier molecular flexibility index (Phi) is 4.50. The number of esters is 1. The third kappa shape index (κ3) is 3.65. The maximum atomic E-state index is 12.9. The monoisotopic (exact) mass is 358 g/mol. The number of nitrogens with zero attached hydrogens (tertiary/aromatic N) is 6. The summed E-state index contributed by atoms with van der Waals surface area (Å²) >= 11 is 0. The number of alkyl halides is 3. The summed E-state index contributed by atoms with van der Waals surface area (Å²) in [5.41, 5.74) is 0.556. The van der Waals surface area contributed by atoms with E-state index >= 15 is 0 Å². The van der Waals surface area contributed by atoms with Crippen molar-refractivity contribution in [2.24, 2.45) is 0 Å². The molecule has 0 N–H and O–H groups in total. The number of halogens is 3. The van der Waals surface area contributed by atoms with Crippen LogP contribution in [0.15, 0.2) is 6.07 Å². The minimum absolute atomic E-state index is 0.0840. The molecule has 0 saturated carbocycles. The lowest BCUT2D eigenvalue weighted by atomic mass is 10.3. The summed E-state index contributed by atoms with van der Waals surface area (Å²) < 4.78 is 44.4. The minimum Gasteiger partial charge on any atom is -0.468 e. The molecular weight excluding hydrogens is 341 g/mol. The molecule has 1 fully saturated rings. The van der Waals surface area contributed by atoms with Crippen LogP contribution >= 0.6 is 0 Å². The van der Waals surface area contributed by atoms with Crippen LogP contribution in [-0.4, -0.2) is 70.3 Å². The lowest BCUT2D eigenvalue weighted by Crippen LogP contribution is -2.48. The fraction of sp³-hybridized carbons (Fsp3) is 0.571. The molecule has 11 heteroatoms. The Morgan fingerprint density at radius 3 is 2.52 bits per heavy atom. The maximum Gasteiger partial charge on any atom is 0.453 e. The van der Waals surface area contributed by atoms with Gasteiger partial charge in [-0.1, -0.05) is 0 Å². The van der Waals surface area contributed by atoms with E-state index in [1.807, 2.05) is 9.80 Å². The van der Waals surface area contributed by atoms with Gasteiger partial charge in [-0.3, -0.25) is 9.69 Å². The number of hydrogen-bond donors (Lipinski definition) is 0. The van der Waals surface area contributed by atoms with E-state index in [0.29, 0.717) is 37.7 Å². The van der Waals surface area contributed by atoms with Gasteiger partial charge in [0.2, 0.25) is 0 Å². The van der Waals surface area contributed by atoms with E-state index in [-0.39, 0.29) is 18.3 Å². The van der Waals surface area contributed by atoms with Gasteiger partial charge in [0, 0.05) is 37.9 Å². The van der Waals surface area contributed by atoms with Gasteiger partial charge in [0.05, 0.1) is 13.7 Å². The Balaban J connectivity index is 1.84. The van der Waals surface area contributed by atoms with Crippen molar-refractivity contribution in [1.82, 2.24) is 24.5 Å². The van der Waals surface area contributed by atoms with E-state index in [1.54, 1.807) is 13.0 Å². The number of fused-ring (bicyclic) bond motifs is 1. The Bertz CT molecular complexity index is 783. The molecule has 0 unspecified atom stereocenters. The first-order valence-corrected chi connectivity index (χ1v) is 7.63. The van der Waals surface area contributed by atoms with Crippen molar-refractivity contribution in [2.45, 2.75) is 13.1 Å². The minimum atomic E-state index is -4.63. The molecule has 0 amide bonds. The van der Waals surface area contributed by atoms with Gasteiger partial charge in [0.25, 0.3) is 11.6 Å². The summed E-state index contributed by atoms with van der Waals surface area (Å²) in [6.45, 7) is 4.13. The normalized spacial score (nSPS) is 16.4. The number of aromatic nitrogens is 4. The molecule has 0 spiro atoms. The molecule has 8 nitrogen and oxygen atoms in total. The maximum absolute atomic E-state index is 12.9. The van der Waals surface area contributed by atoms with Gasteiger partial charge >= 0.3 is 12.1 Å². The second-order valence-corrected chi connectivity index (χ2v) is 5.74. The van der Waals surface area contributed by atoms with Crippen molar-refractivity contribution in [3.05, 3.63) is 17.6 Å². The fourth-order valence-electron chi connectivity index (χ4n) is 2.70. The molecule has 0 aliphatic carbocycles. The summed E-state index contributed by atoms with van der Waals surface area (Å²) in [5.74, 6) is -1.11. The Labute approximate surface area is 141 Å². The molecule has 1 saturated heterocycles. The molecule has 0 aromatic carbocycles. The lowest BCUT2D eigenvalue weighted by Gasteiger charge is -2.35. The number of aryl methyl sites for hydroxylation is 1. The first-order chi connectivity index (χ1) is 11.8. The van der Waals surface area contributed by atoms with Gasteiger partial charge in [0.15, 0.2) is 0 Å². The molecule has 3 rings (SSSR count). The topological polar surface area (TPSA) is 75.9 Å². The zero-order valence-corrected chi connectivity index (χ0v) is 13.7. The summed E-state index contributed by atoms with van der Waals surface area (Å²) in [5, 5.41) is 3.57. The molecule has 1 aliphatic heterocycles. The van der Waals surface area contributed by atoms with Crippen LogP contribution in [0.2, 0.25) is 0 Å². The van der Waals surface area contributed by atoms with Gasteiger partial charge in [-0.15, -0.1) is 5.10 Å². The third-order valence-electron chi connectivity index (χ3n) is 3.95. The highest BCUT2D eigenvalue weighted by Crippen LogP contribution is 2.28. The van der Waals surface area contributed by atoms with E-state index in [4.69, 9.17) is 0 Å². The number of hydrogen-bond acceptors (Lipinski definition) is 7. The molecule has 25 heavy (non-hydrogen) atoms. The fourth-order valence-corrected chi connectivity index (χ4v) is 2.70. The van der Waals surface area contributed by atoms with Gasteiger partial charge in [-0.05, 0) is 6.92 Å². The number of carbonyl (C=O) groups excluding carboxylic acids is 1. The highest BCUT2D eigenvalue weighted by Gasteiger charge is 2.37. The molecule has 3 heterocycles. The number of carbonyl (C=O) groups is 1. The quantitative estimate of drug-likeness (QED) is 0.750. The van der Waals surface area contributed by atoms with E-state index in [2.05, 4.69) is 19.8 Å². The summed E-state index contributed by atoms with van der Waals surface area (Å²) in [6.07, 6.45) is -4.63. The first-order valence-electron chi connectivity index (χ1n) is 7.63. The van der Waals surface area contributed by atoms with Gasteiger partial charge in [-0.25, -0.2) is 4.98 Å². The van der Waals surface area contributed by atoms with Crippen LogP contribution in [0.25, 0.3) is 5.78 Å². The summed E-state index contributed by atoms with van der Waals surface area (Å²) in [7, 11) is 1.33. The molecular formula is C14H17F3N6O2. The summed E-state index contributed by atoms with van der Waals surface area (Å²) in [4.78, 5) is 22.7.